The highest BCUT2D eigenvalue weighted by molar-refractivity contribution is 7.89. The Morgan fingerprint density at radius 1 is 1.13 bits per heavy atom. The number of amides is 1. The molecule has 2 aromatic carbocycles. The van der Waals surface area contributed by atoms with Crippen molar-refractivity contribution in [2.24, 2.45) is 0 Å². The molecule has 3 aromatic rings. The molecule has 1 aliphatic heterocycles. The fourth-order valence-corrected chi connectivity index (χ4v) is 6.28. The zero-order valence-corrected chi connectivity index (χ0v) is 18.5. The number of benzene rings is 2. The van der Waals surface area contributed by atoms with Crippen LogP contribution < -0.4 is 5.32 Å². The molecule has 1 fully saturated rings. The van der Waals surface area contributed by atoms with Gasteiger partial charge >= 0.3 is 0 Å². The lowest BCUT2D eigenvalue weighted by molar-refractivity contribution is -0.117. The second-order valence-electron chi connectivity index (χ2n) is 7.62. The quantitative estimate of drug-likeness (QED) is 0.604. The zero-order chi connectivity index (χ0) is 21.1. The number of sulfonamides is 1. The van der Waals surface area contributed by atoms with Crippen LogP contribution in [-0.4, -0.2) is 50.2 Å². The Balaban J connectivity index is 1.39. The van der Waals surface area contributed by atoms with Crippen molar-refractivity contribution >= 4 is 43.0 Å². The summed E-state index contributed by atoms with van der Waals surface area (Å²) in [7, 11) is -1.60. The van der Waals surface area contributed by atoms with Crippen molar-refractivity contribution in [2.45, 2.75) is 24.3 Å². The maximum atomic E-state index is 12.7. The molecule has 0 radical (unpaired) electrons. The second-order valence-corrected chi connectivity index (χ2v) is 10.5. The van der Waals surface area contributed by atoms with Crippen LogP contribution in [0.2, 0.25) is 0 Å². The largest absolute Gasteiger partial charge is 0.325 e. The topological polar surface area (TPSA) is 69.7 Å². The van der Waals surface area contributed by atoms with Gasteiger partial charge in [-0.15, -0.1) is 11.3 Å². The van der Waals surface area contributed by atoms with Crippen molar-refractivity contribution < 1.29 is 13.2 Å². The molecule has 1 aliphatic rings. The van der Waals surface area contributed by atoms with Crippen LogP contribution in [0, 0.1) is 0 Å². The van der Waals surface area contributed by atoms with E-state index in [2.05, 4.69) is 22.8 Å². The average Bonchev–Trinajstić information content (AvgIpc) is 3.39. The van der Waals surface area contributed by atoms with Crippen LogP contribution in [0.15, 0.2) is 58.8 Å². The van der Waals surface area contributed by atoms with Crippen molar-refractivity contribution in [1.82, 2.24) is 9.21 Å². The predicted octanol–water partition coefficient (Wildman–Crippen LogP) is 3.76. The lowest BCUT2D eigenvalue weighted by atomic mass is 10.2. The first-order chi connectivity index (χ1) is 14.4. The molecule has 0 atom stereocenters. The third-order valence-corrected chi connectivity index (χ3v) is 8.14. The number of nitrogens with zero attached hydrogens (tertiary/aromatic N) is 2. The summed E-state index contributed by atoms with van der Waals surface area (Å²) in [6, 6.07) is 14.7. The summed E-state index contributed by atoms with van der Waals surface area (Å²) in [5, 5.41) is 6.18. The first-order valence-corrected chi connectivity index (χ1v) is 12.3. The molecule has 0 bridgehead atoms. The molecule has 0 aliphatic carbocycles. The maximum absolute atomic E-state index is 12.7. The van der Waals surface area contributed by atoms with Gasteiger partial charge in [-0.3, -0.25) is 9.69 Å². The summed E-state index contributed by atoms with van der Waals surface area (Å²) in [5.41, 5.74) is 1.69. The number of nitrogens with one attached hydrogen (secondary N) is 1. The molecular weight excluding hydrogens is 418 g/mol. The van der Waals surface area contributed by atoms with E-state index in [-0.39, 0.29) is 17.3 Å². The minimum absolute atomic E-state index is 0.173. The van der Waals surface area contributed by atoms with E-state index in [1.807, 2.05) is 24.1 Å². The van der Waals surface area contributed by atoms with Gasteiger partial charge in [-0.1, -0.05) is 24.3 Å². The Kier molecular flexibility index (Phi) is 6.19. The zero-order valence-electron chi connectivity index (χ0n) is 16.9. The van der Waals surface area contributed by atoms with E-state index in [1.165, 1.54) is 26.0 Å². The minimum Gasteiger partial charge on any atom is -0.325 e. The first kappa shape index (κ1) is 21.0. The molecule has 1 N–H and O–H groups in total. The molecule has 6 nitrogen and oxygen atoms in total. The van der Waals surface area contributed by atoms with Crippen LogP contribution in [-0.2, 0) is 21.4 Å². The smallest absolute Gasteiger partial charge is 0.243 e. The molecular formula is C22H25N3O3S2. The summed E-state index contributed by atoms with van der Waals surface area (Å²) < 4.78 is 28.2. The van der Waals surface area contributed by atoms with Gasteiger partial charge in [0.1, 0.15) is 0 Å². The molecule has 0 unspecified atom stereocenters. The highest BCUT2D eigenvalue weighted by Gasteiger charge is 2.27. The summed E-state index contributed by atoms with van der Waals surface area (Å²) in [5.74, 6) is -0.173. The van der Waals surface area contributed by atoms with Crippen molar-refractivity contribution in [3.63, 3.8) is 0 Å². The van der Waals surface area contributed by atoms with Gasteiger partial charge in [0.2, 0.25) is 15.9 Å². The van der Waals surface area contributed by atoms with Gasteiger partial charge in [0.25, 0.3) is 0 Å². The van der Waals surface area contributed by atoms with Gasteiger partial charge in [0.05, 0.1) is 11.4 Å². The number of carbonyl (C=O) groups excluding carboxylic acids is 1. The third kappa shape index (κ3) is 4.57. The fourth-order valence-electron chi connectivity index (χ4n) is 3.76. The normalized spacial score (nSPS) is 15.1. The Hall–Kier alpha value is -2.26. The van der Waals surface area contributed by atoms with Crippen LogP contribution in [0.4, 0.5) is 5.69 Å². The molecule has 158 valence electrons. The molecule has 1 amide bonds. The second kappa shape index (κ2) is 8.85. The Morgan fingerprint density at radius 2 is 1.90 bits per heavy atom. The van der Waals surface area contributed by atoms with Crippen LogP contribution in [0.5, 0.6) is 0 Å². The molecule has 0 saturated carbocycles. The summed E-state index contributed by atoms with van der Waals surface area (Å²) in [6.07, 6.45) is 1.78. The Bertz CT molecular complexity index is 1150. The fraction of sp³-hybridized carbons (Fsp3) is 0.318. The summed E-state index contributed by atoms with van der Waals surface area (Å²) >= 11 is 1.70. The first-order valence-electron chi connectivity index (χ1n) is 9.97. The number of fused-ring (bicyclic) bond motifs is 1. The Labute approximate surface area is 181 Å². The van der Waals surface area contributed by atoms with Gasteiger partial charge < -0.3 is 5.32 Å². The summed E-state index contributed by atoms with van der Waals surface area (Å²) in [4.78, 5) is 14.7. The van der Waals surface area contributed by atoms with Gasteiger partial charge in [0.15, 0.2) is 0 Å². The van der Waals surface area contributed by atoms with Crippen LogP contribution in [0.3, 0.4) is 0 Å². The Morgan fingerprint density at radius 3 is 2.70 bits per heavy atom. The maximum Gasteiger partial charge on any atom is 0.243 e. The van der Waals surface area contributed by atoms with E-state index >= 15 is 0 Å². The average molecular weight is 444 g/mol. The number of thiophene rings is 1. The van der Waals surface area contributed by atoms with Crippen molar-refractivity contribution in [2.75, 3.05) is 32.0 Å². The van der Waals surface area contributed by atoms with E-state index in [0.717, 1.165) is 12.8 Å². The van der Waals surface area contributed by atoms with Crippen molar-refractivity contribution in [3.8, 4) is 0 Å². The van der Waals surface area contributed by atoms with Crippen LogP contribution in [0.25, 0.3) is 10.1 Å². The van der Waals surface area contributed by atoms with Gasteiger partial charge in [0, 0.05) is 30.0 Å². The molecule has 1 aromatic heterocycles. The van der Waals surface area contributed by atoms with Crippen LogP contribution in [0.1, 0.15) is 18.4 Å². The molecule has 8 heteroatoms. The van der Waals surface area contributed by atoms with Gasteiger partial charge in [-0.2, -0.15) is 4.31 Å². The van der Waals surface area contributed by atoms with E-state index in [9.17, 15) is 13.2 Å². The minimum atomic E-state index is -3.50. The van der Waals surface area contributed by atoms with E-state index in [4.69, 9.17) is 0 Å². The molecule has 2 heterocycles. The monoisotopic (exact) mass is 443 g/mol. The number of rotatable bonds is 7. The molecule has 4 rings (SSSR count). The highest BCUT2D eigenvalue weighted by atomic mass is 32.2. The third-order valence-electron chi connectivity index (χ3n) is 5.24. The molecule has 1 saturated heterocycles. The molecule has 30 heavy (non-hydrogen) atoms. The predicted molar refractivity (Wildman–Crippen MR) is 121 cm³/mol. The SMILES string of the molecule is CN(CC(=O)Nc1cccc(S(=O)(=O)N2CCCC2)c1)Cc1csc2ccccc12. The van der Waals surface area contributed by atoms with Crippen molar-refractivity contribution in [3.05, 3.63) is 59.5 Å². The van der Waals surface area contributed by atoms with Gasteiger partial charge in [-0.25, -0.2) is 8.42 Å². The number of hydrogen-bond donors (Lipinski definition) is 1. The van der Waals surface area contributed by atoms with E-state index < -0.39 is 10.0 Å². The van der Waals surface area contributed by atoms with E-state index in [1.54, 1.807) is 29.5 Å². The molecule has 0 spiro atoms. The van der Waals surface area contributed by atoms with Gasteiger partial charge in [-0.05, 0) is 60.5 Å². The lowest BCUT2D eigenvalue weighted by Gasteiger charge is -2.17. The number of hydrogen-bond acceptors (Lipinski definition) is 5. The highest BCUT2D eigenvalue weighted by Crippen LogP contribution is 2.26. The standard InChI is InChI=1S/C22H25N3O3S2/c1-24(14-17-16-29-21-10-3-2-9-20(17)21)15-22(26)23-18-7-6-8-19(13-18)30(27,28)25-11-4-5-12-25/h2-3,6-10,13,16H,4-5,11-12,14-15H2,1H3,(H,23,26). The summed E-state index contributed by atoms with van der Waals surface area (Å²) in [6.45, 7) is 2.00. The lowest BCUT2D eigenvalue weighted by Crippen LogP contribution is -2.30. The number of carbonyl (C=O) groups is 1. The van der Waals surface area contributed by atoms with Crippen LogP contribution >= 0.6 is 11.3 Å². The van der Waals surface area contributed by atoms with E-state index in [0.29, 0.717) is 25.3 Å². The van der Waals surface area contributed by atoms with Crippen molar-refractivity contribution in [1.29, 1.82) is 0 Å². The number of likely N-dealkylation sites (N-methyl/N-ethyl adjacent to an activating group) is 1. The number of anilines is 1.